The van der Waals surface area contributed by atoms with E-state index >= 15 is 0 Å². The van der Waals surface area contributed by atoms with Gasteiger partial charge in [0.1, 0.15) is 5.76 Å². The molecule has 0 unspecified atom stereocenters. The van der Waals surface area contributed by atoms with Crippen LogP contribution in [0, 0.1) is 0 Å². The fraction of sp³-hybridized carbons (Fsp3) is 0.714. The first-order chi connectivity index (χ1) is 10.1. The van der Waals surface area contributed by atoms with Gasteiger partial charge in [-0.3, -0.25) is 0 Å². The molecule has 2 heterocycles. The highest BCUT2D eigenvalue weighted by Crippen LogP contribution is 2.18. The minimum absolute atomic E-state index is 0.245. The number of methoxy groups -OCH3 is 1. The average Bonchev–Trinajstić information content (AvgIpc) is 2.82. The molecule has 0 N–H and O–H groups in total. The van der Waals surface area contributed by atoms with Crippen molar-refractivity contribution < 1.29 is 17.6 Å². The van der Waals surface area contributed by atoms with Crippen molar-refractivity contribution in [3.8, 4) is 0 Å². The maximum atomic E-state index is 12.8. The summed E-state index contributed by atoms with van der Waals surface area (Å²) in [7, 11) is -1.90. The van der Waals surface area contributed by atoms with Crippen LogP contribution in [0.25, 0.3) is 0 Å². The number of ether oxygens (including phenoxy) is 1. The van der Waals surface area contributed by atoms with E-state index in [0.717, 1.165) is 25.7 Å². The minimum Gasteiger partial charge on any atom is -0.468 e. The number of hydrogen-bond donors (Lipinski definition) is 0. The van der Waals surface area contributed by atoms with Crippen molar-refractivity contribution in [2.75, 3.05) is 33.4 Å². The van der Waals surface area contributed by atoms with Crippen LogP contribution in [0.2, 0.25) is 0 Å². The fourth-order valence-corrected chi connectivity index (χ4v) is 4.12. The number of furan rings is 1. The van der Waals surface area contributed by atoms with Crippen LogP contribution in [-0.4, -0.2) is 50.4 Å². The molecule has 120 valence electrons. The number of hydrogen-bond acceptors (Lipinski definition) is 4. The molecule has 2 rings (SSSR count). The van der Waals surface area contributed by atoms with E-state index in [-0.39, 0.29) is 6.54 Å². The Bertz CT molecular complexity index is 493. The Morgan fingerprint density at radius 3 is 2.57 bits per heavy atom. The highest BCUT2D eigenvalue weighted by molar-refractivity contribution is 7.86. The molecule has 0 radical (unpaired) electrons. The maximum Gasteiger partial charge on any atom is 0.282 e. The van der Waals surface area contributed by atoms with Gasteiger partial charge in [0, 0.05) is 26.7 Å². The number of rotatable bonds is 7. The van der Waals surface area contributed by atoms with Crippen LogP contribution >= 0.6 is 0 Å². The predicted molar refractivity (Wildman–Crippen MR) is 80.0 cm³/mol. The Morgan fingerprint density at radius 1 is 1.29 bits per heavy atom. The van der Waals surface area contributed by atoms with Crippen LogP contribution in [0.4, 0.5) is 0 Å². The third-order valence-corrected chi connectivity index (χ3v) is 5.66. The van der Waals surface area contributed by atoms with Gasteiger partial charge in [-0.1, -0.05) is 12.8 Å². The first-order valence-corrected chi connectivity index (χ1v) is 8.81. The lowest BCUT2D eigenvalue weighted by molar-refractivity contribution is 0.171. The van der Waals surface area contributed by atoms with E-state index in [2.05, 4.69) is 0 Å². The smallest absolute Gasteiger partial charge is 0.282 e. The molecule has 1 aliphatic rings. The molecule has 0 atom stereocenters. The van der Waals surface area contributed by atoms with Crippen LogP contribution in [0.5, 0.6) is 0 Å². The minimum atomic E-state index is -3.47. The summed E-state index contributed by atoms with van der Waals surface area (Å²) in [5, 5.41) is 0. The SMILES string of the molecule is COCCN(Cc1ccco1)S(=O)(=O)N1CCCCCC1. The molecule has 1 aromatic heterocycles. The van der Waals surface area contributed by atoms with E-state index in [1.54, 1.807) is 29.8 Å². The Labute approximate surface area is 126 Å². The van der Waals surface area contributed by atoms with Crippen molar-refractivity contribution in [3.05, 3.63) is 24.2 Å². The van der Waals surface area contributed by atoms with E-state index in [0.29, 0.717) is 32.0 Å². The normalized spacial score (nSPS) is 18.0. The van der Waals surface area contributed by atoms with Gasteiger partial charge in [-0.15, -0.1) is 0 Å². The van der Waals surface area contributed by atoms with Gasteiger partial charge in [-0.05, 0) is 25.0 Å². The van der Waals surface area contributed by atoms with Gasteiger partial charge in [0.15, 0.2) is 0 Å². The summed E-state index contributed by atoms with van der Waals surface area (Å²) >= 11 is 0. The standard InChI is InChI=1S/C14H24N2O4S/c1-19-12-10-16(13-14-7-6-11-20-14)21(17,18)15-8-4-2-3-5-9-15/h6-7,11H,2-5,8-10,12-13H2,1H3. The van der Waals surface area contributed by atoms with Gasteiger partial charge >= 0.3 is 0 Å². The molecule has 1 aromatic rings. The molecule has 0 bridgehead atoms. The lowest BCUT2D eigenvalue weighted by Gasteiger charge is -2.28. The fourth-order valence-electron chi connectivity index (χ4n) is 2.48. The monoisotopic (exact) mass is 316 g/mol. The zero-order chi connectivity index (χ0) is 15.1. The second-order valence-corrected chi connectivity index (χ2v) is 7.16. The molecule has 0 saturated carbocycles. The third kappa shape index (κ3) is 4.54. The topological polar surface area (TPSA) is 63.0 Å². The van der Waals surface area contributed by atoms with Crippen molar-refractivity contribution in [3.63, 3.8) is 0 Å². The molecule has 0 amide bonds. The quantitative estimate of drug-likeness (QED) is 0.770. The summed E-state index contributed by atoms with van der Waals surface area (Å²) in [6.07, 6.45) is 5.61. The lowest BCUT2D eigenvalue weighted by Crippen LogP contribution is -2.45. The molecule has 0 spiro atoms. The Hall–Kier alpha value is -0.890. The van der Waals surface area contributed by atoms with Gasteiger partial charge in [0.2, 0.25) is 0 Å². The lowest BCUT2D eigenvalue weighted by atomic mass is 10.2. The molecule has 6 nitrogen and oxygen atoms in total. The summed E-state index contributed by atoms with van der Waals surface area (Å²) in [6.45, 7) is 2.15. The Balaban J connectivity index is 2.12. The molecule has 21 heavy (non-hydrogen) atoms. The summed E-state index contributed by atoms with van der Waals surface area (Å²) in [5.41, 5.74) is 0. The van der Waals surface area contributed by atoms with Crippen molar-refractivity contribution in [2.45, 2.75) is 32.2 Å². The van der Waals surface area contributed by atoms with E-state index in [1.807, 2.05) is 0 Å². The average molecular weight is 316 g/mol. The van der Waals surface area contributed by atoms with Gasteiger partial charge in [0.25, 0.3) is 10.2 Å². The van der Waals surface area contributed by atoms with Crippen LogP contribution < -0.4 is 0 Å². The Morgan fingerprint density at radius 2 is 2.00 bits per heavy atom. The predicted octanol–water partition coefficient (Wildman–Crippen LogP) is 1.85. The van der Waals surface area contributed by atoms with Crippen molar-refractivity contribution in [1.29, 1.82) is 0 Å². The van der Waals surface area contributed by atoms with Crippen molar-refractivity contribution in [2.24, 2.45) is 0 Å². The van der Waals surface area contributed by atoms with Crippen LogP contribution in [0.15, 0.2) is 22.8 Å². The highest BCUT2D eigenvalue weighted by Gasteiger charge is 2.30. The maximum absolute atomic E-state index is 12.8. The molecule has 7 heteroatoms. The first-order valence-electron chi connectivity index (χ1n) is 7.41. The third-order valence-electron chi connectivity index (χ3n) is 3.67. The van der Waals surface area contributed by atoms with Crippen LogP contribution in [0.3, 0.4) is 0 Å². The molecular formula is C14H24N2O4S. The summed E-state index contributed by atoms with van der Waals surface area (Å²) in [6, 6.07) is 3.56. The Kier molecular flexibility index (Phi) is 6.22. The number of nitrogens with zero attached hydrogens (tertiary/aromatic N) is 2. The molecule has 1 saturated heterocycles. The molecule has 0 aromatic carbocycles. The first kappa shape index (κ1) is 16.5. The largest absolute Gasteiger partial charge is 0.468 e. The summed E-state index contributed by atoms with van der Waals surface area (Å²) in [4.78, 5) is 0. The van der Waals surface area contributed by atoms with Crippen LogP contribution in [0.1, 0.15) is 31.4 Å². The van der Waals surface area contributed by atoms with Gasteiger partial charge in [-0.25, -0.2) is 0 Å². The van der Waals surface area contributed by atoms with Crippen LogP contribution in [-0.2, 0) is 21.5 Å². The van der Waals surface area contributed by atoms with Crippen molar-refractivity contribution >= 4 is 10.2 Å². The van der Waals surface area contributed by atoms with Gasteiger partial charge in [-0.2, -0.15) is 17.0 Å². The van der Waals surface area contributed by atoms with E-state index < -0.39 is 10.2 Å². The molecule has 0 aliphatic carbocycles. The van der Waals surface area contributed by atoms with E-state index in [1.165, 1.54) is 4.31 Å². The molecule has 1 aliphatic heterocycles. The zero-order valence-corrected chi connectivity index (χ0v) is 13.3. The molecule has 1 fully saturated rings. The van der Waals surface area contributed by atoms with Gasteiger partial charge in [0.05, 0.1) is 19.4 Å². The van der Waals surface area contributed by atoms with Crippen molar-refractivity contribution in [1.82, 2.24) is 8.61 Å². The summed E-state index contributed by atoms with van der Waals surface area (Å²) < 4.78 is 39.0. The van der Waals surface area contributed by atoms with E-state index in [4.69, 9.17) is 9.15 Å². The second kappa shape index (κ2) is 7.93. The second-order valence-electron chi connectivity index (χ2n) is 5.23. The summed E-state index contributed by atoms with van der Waals surface area (Å²) in [5.74, 6) is 0.643. The zero-order valence-electron chi connectivity index (χ0n) is 12.5. The molecular weight excluding hydrogens is 292 g/mol. The van der Waals surface area contributed by atoms with E-state index in [9.17, 15) is 8.42 Å². The van der Waals surface area contributed by atoms with Gasteiger partial charge < -0.3 is 9.15 Å². The highest BCUT2D eigenvalue weighted by atomic mass is 32.2.